The number of benzene rings is 1. The van der Waals surface area contributed by atoms with Crippen molar-refractivity contribution in [1.82, 2.24) is 4.98 Å². The molecule has 94 valence electrons. The molecule has 2 aromatic rings. The minimum atomic E-state index is -0.0127. The quantitative estimate of drug-likeness (QED) is 0.927. The lowest BCUT2D eigenvalue weighted by Gasteiger charge is -2.15. The van der Waals surface area contributed by atoms with Gasteiger partial charge in [0.2, 0.25) is 0 Å². The molecule has 0 bridgehead atoms. The van der Waals surface area contributed by atoms with Crippen LogP contribution in [0.5, 0.6) is 11.5 Å². The van der Waals surface area contributed by atoms with E-state index in [4.69, 9.17) is 10.5 Å². The van der Waals surface area contributed by atoms with Crippen LogP contribution in [-0.4, -0.2) is 4.98 Å². The van der Waals surface area contributed by atoms with E-state index in [-0.39, 0.29) is 6.04 Å². The molecule has 0 aliphatic heterocycles. The second-order valence-electron chi connectivity index (χ2n) is 3.99. The molecule has 2 rings (SSSR count). The van der Waals surface area contributed by atoms with Gasteiger partial charge in [-0.25, -0.2) is 0 Å². The summed E-state index contributed by atoms with van der Waals surface area (Å²) in [5.41, 5.74) is 7.09. The maximum atomic E-state index is 6.07. The molecule has 1 aromatic carbocycles. The molecule has 1 unspecified atom stereocenters. The van der Waals surface area contributed by atoms with Crippen LogP contribution in [0.2, 0.25) is 0 Å². The molecule has 0 spiro atoms. The summed E-state index contributed by atoms with van der Waals surface area (Å²) in [7, 11) is 0. The zero-order chi connectivity index (χ0) is 13.0. The first kappa shape index (κ1) is 13.1. The number of nitrogens with two attached hydrogens (primary N) is 1. The van der Waals surface area contributed by atoms with Gasteiger partial charge in [-0.15, -0.1) is 0 Å². The van der Waals surface area contributed by atoms with E-state index >= 15 is 0 Å². The highest BCUT2D eigenvalue weighted by Gasteiger charge is 2.10. The van der Waals surface area contributed by atoms with Crippen molar-refractivity contribution in [1.29, 1.82) is 0 Å². The summed E-state index contributed by atoms with van der Waals surface area (Å²) in [6, 6.07) is 9.69. The predicted octanol–water partition coefficient (Wildman–Crippen LogP) is 4.05. The Bertz CT molecular complexity index is 531. The molecule has 1 heterocycles. The van der Waals surface area contributed by atoms with E-state index in [2.05, 4.69) is 27.8 Å². The lowest BCUT2D eigenvalue weighted by molar-refractivity contribution is 0.466. The number of aromatic nitrogens is 1. The van der Waals surface area contributed by atoms with Crippen molar-refractivity contribution in [3.05, 3.63) is 52.8 Å². The minimum absolute atomic E-state index is 0.0127. The number of pyridine rings is 1. The Morgan fingerprint density at radius 1 is 1.33 bits per heavy atom. The number of ether oxygens (including phenoxy) is 1. The minimum Gasteiger partial charge on any atom is -0.455 e. The topological polar surface area (TPSA) is 48.1 Å². The standard InChI is InChI=1S/C14H15BrN2O/c1-2-13(16)12-5-3-4-6-14(12)18-11-7-10(15)8-17-9-11/h3-9,13H,2,16H2,1H3. The molecule has 1 atom stereocenters. The van der Waals surface area contributed by atoms with Crippen molar-refractivity contribution in [3.63, 3.8) is 0 Å². The third kappa shape index (κ3) is 3.09. The van der Waals surface area contributed by atoms with Crippen LogP contribution in [-0.2, 0) is 0 Å². The third-order valence-corrected chi connectivity index (χ3v) is 3.10. The van der Waals surface area contributed by atoms with Gasteiger partial charge in [-0.1, -0.05) is 25.1 Å². The van der Waals surface area contributed by atoms with Crippen LogP contribution in [0.4, 0.5) is 0 Å². The first-order valence-electron chi connectivity index (χ1n) is 5.83. The molecule has 4 heteroatoms. The fraction of sp³-hybridized carbons (Fsp3) is 0.214. The zero-order valence-electron chi connectivity index (χ0n) is 10.1. The Balaban J connectivity index is 2.29. The van der Waals surface area contributed by atoms with Crippen LogP contribution in [0.25, 0.3) is 0 Å². The Hall–Kier alpha value is -1.39. The number of hydrogen-bond acceptors (Lipinski definition) is 3. The molecule has 2 N–H and O–H groups in total. The molecule has 0 saturated carbocycles. The fourth-order valence-corrected chi connectivity index (χ4v) is 2.02. The van der Waals surface area contributed by atoms with Gasteiger partial charge in [-0.2, -0.15) is 0 Å². The van der Waals surface area contributed by atoms with Crippen molar-refractivity contribution in [3.8, 4) is 11.5 Å². The van der Waals surface area contributed by atoms with E-state index in [1.54, 1.807) is 12.4 Å². The Kier molecular flexibility index (Phi) is 4.33. The van der Waals surface area contributed by atoms with E-state index in [9.17, 15) is 0 Å². The summed E-state index contributed by atoms with van der Waals surface area (Å²) in [4.78, 5) is 4.07. The van der Waals surface area contributed by atoms with Crippen LogP contribution in [0.1, 0.15) is 24.9 Å². The van der Waals surface area contributed by atoms with Gasteiger partial charge in [0.05, 0.1) is 6.20 Å². The maximum Gasteiger partial charge on any atom is 0.146 e. The van der Waals surface area contributed by atoms with Gasteiger partial charge in [-0.05, 0) is 34.5 Å². The normalized spacial score (nSPS) is 12.2. The van der Waals surface area contributed by atoms with Crippen molar-refractivity contribution in [2.45, 2.75) is 19.4 Å². The number of halogens is 1. The second kappa shape index (κ2) is 5.98. The van der Waals surface area contributed by atoms with Crippen LogP contribution in [0.3, 0.4) is 0 Å². The summed E-state index contributed by atoms with van der Waals surface area (Å²) in [6.45, 7) is 2.06. The van der Waals surface area contributed by atoms with E-state index in [1.165, 1.54) is 0 Å². The highest BCUT2D eigenvalue weighted by Crippen LogP contribution is 2.30. The molecule has 0 saturated heterocycles. The number of para-hydroxylation sites is 1. The first-order chi connectivity index (χ1) is 8.70. The SMILES string of the molecule is CCC(N)c1ccccc1Oc1cncc(Br)c1. The number of nitrogens with zero attached hydrogens (tertiary/aromatic N) is 1. The van der Waals surface area contributed by atoms with Gasteiger partial charge < -0.3 is 10.5 Å². The van der Waals surface area contributed by atoms with E-state index in [0.29, 0.717) is 5.75 Å². The number of rotatable bonds is 4. The van der Waals surface area contributed by atoms with Gasteiger partial charge >= 0.3 is 0 Å². The lowest BCUT2D eigenvalue weighted by Crippen LogP contribution is -2.09. The summed E-state index contributed by atoms with van der Waals surface area (Å²) < 4.78 is 6.73. The van der Waals surface area contributed by atoms with Gasteiger partial charge in [0, 0.05) is 22.3 Å². The molecule has 0 aliphatic carbocycles. The molecular weight excluding hydrogens is 292 g/mol. The van der Waals surface area contributed by atoms with Crippen LogP contribution >= 0.6 is 15.9 Å². The summed E-state index contributed by atoms with van der Waals surface area (Å²) >= 11 is 3.37. The highest BCUT2D eigenvalue weighted by molar-refractivity contribution is 9.10. The van der Waals surface area contributed by atoms with Crippen LogP contribution in [0.15, 0.2) is 47.2 Å². The van der Waals surface area contributed by atoms with Crippen molar-refractivity contribution in [2.24, 2.45) is 5.73 Å². The smallest absolute Gasteiger partial charge is 0.146 e. The predicted molar refractivity (Wildman–Crippen MR) is 75.7 cm³/mol. The second-order valence-corrected chi connectivity index (χ2v) is 4.91. The molecule has 3 nitrogen and oxygen atoms in total. The maximum absolute atomic E-state index is 6.07. The van der Waals surface area contributed by atoms with Gasteiger partial charge in [-0.3, -0.25) is 4.98 Å². The van der Waals surface area contributed by atoms with E-state index in [0.717, 1.165) is 22.2 Å². The summed E-state index contributed by atoms with van der Waals surface area (Å²) in [6.07, 6.45) is 4.27. The van der Waals surface area contributed by atoms with E-state index < -0.39 is 0 Å². The average molecular weight is 307 g/mol. The van der Waals surface area contributed by atoms with Gasteiger partial charge in [0.1, 0.15) is 11.5 Å². The largest absolute Gasteiger partial charge is 0.455 e. The van der Waals surface area contributed by atoms with Crippen molar-refractivity contribution < 1.29 is 4.74 Å². The number of hydrogen-bond donors (Lipinski definition) is 1. The van der Waals surface area contributed by atoms with Gasteiger partial charge in [0.25, 0.3) is 0 Å². The zero-order valence-corrected chi connectivity index (χ0v) is 11.7. The third-order valence-electron chi connectivity index (χ3n) is 2.67. The molecule has 0 radical (unpaired) electrons. The molecule has 1 aromatic heterocycles. The molecule has 0 aliphatic rings. The van der Waals surface area contributed by atoms with Crippen molar-refractivity contribution >= 4 is 15.9 Å². The van der Waals surface area contributed by atoms with Gasteiger partial charge in [0.15, 0.2) is 0 Å². The molecule has 0 fully saturated rings. The fourth-order valence-electron chi connectivity index (χ4n) is 1.67. The Morgan fingerprint density at radius 2 is 2.11 bits per heavy atom. The monoisotopic (exact) mass is 306 g/mol. The average Bonchev–Trinajstić information content (AvgIpc) is 2.38. The summed E-state index contributed by atoms with van der Waals surface area (Å²) in [5, 5.41) is 0. The van der Waals surface area contributed by atoms with Crippen molar-refractivity contribution in [2.75, 3.05) is 0 Å². The van der Waals surface area contributed by atoms with Crippen LogP contribution in [0, 0.1) is 0 Å². The van der Waals surface area contributed by atoms with Crippen LogP contribution < -0.4 is 10.5 Å². The molecule has 18 heavy (non-hydrogen) atoms. The summed E-state index contributed by atoms with van der Waals surface area (Å²) in [5.74, 6) is 1.48. The lowest BCUT2D eigenvalue weighted by atomic mass is 10.0. The highest BCUT2D eigenvalue weighted by atomic mass is 79.9. The Labute approximate surface area is 115 Å². The first-order valence-corrected chi connectivity index (χ1v) is 6.63. The molecular formula is C14H15BrN2O. The Morgan fingerprint density at radius 3 is 2.83 bits per heavy atom. The van der Waals surface area contributed by atoms with E-state index in [1.807, 2.05) is 30.3 Å². The molecule has 0 amide bonds.